The first-order valence-corrected chi connectivity index (χ1v) is 19.7. The third-order valence-electron chi connectivity index (χ3n) is 9.65. The molecule has 7 aromatic rings. The Kier molecular flexibility index (Phi) is 11.7. The van der Waals surface area contributed by atoms with E-state index in [4.69, 9.17) is 38.4 Å². The fraction of sp³-hybridized carbons (Fsp3) is 0.125. The van der Waals surface area contributed by atoms with Crippen LogP contribution in [0.15, 0.2) is 156 Å². The largest absolute Gasteiger partial charge is 0.497 e. The highest BCUT2D eigenvalue weighted by Gasteiger charge is 2.23. The molecular formula is C48H42N4O6S. The standard InChI is InChI=1S/C48H42N4O6S/c1-53-41-21-13-37(14-22-41)51(38-15-23-42(54-2)24-16-38)35-9-5-33(6-10-35)49-31-45-47-48(58-30-29-57-47)46(59-45)32-50-34-7-11-36(12-8-34)52(39-17-25-43(55-3)26-18-39)40-19-27-44(56-4)28-20-40/h5-28,31-32H,29-30H2,1-4H3/b49-31+,50-32+. The van der Waals surface area contributed by atoms with Crippen LogP contribution in [0.1, 0.15) is 9.75 Å². The Bertz CT molecular complexity index is 2250. The second kappa shape index (κ2) is 17.9. The number of hydrogen-bond donors (Lipinski definition) is 0. The topological polar surface area (TPSA) is 86.6 Å². The number of thiophene rings is 1. The molecule has 0 amide bonds. The lowest BCUT2D eigenvalue weighted by atomic mass is 10.1. The van der Waals surface area contributed by atoms with E-state index in [1.54, 1.807) is 28.4 Å². The summed E-state index contributed by atoms with van der Waals surface area (Å²) in [7, 11) is 6.66. The quantitative estimate of drug-likeness (QED) is 0.100. The van der Waals surface area contributed by atoms with Gasteiger partial charge >= 0.3 is 0 Å². The van der Waals surface area contributed by atoms with Crippen LogP contribution in [0.3, 0.4) is 0 Å². The summed E-state index contributed by atoms with van der Waals surface area (Å²) in [4.78, 5) is 15.7. The molecule has 6 aromatic carbocycles. The summed E-state index contributed by atoms with van der Waals surface area (Å²) in [6, 6.07) is 48.1. The molecule has 0 atom stereocenters. The van der Waals surface area contributed by atoms with Crippen molar-refractivity contribution in [2.24, 2.45) is 9.98 Å². The third-order valence-corrected chi connectivity index (χ3v) is 10.7. The smallest absolute Gasteiger partial charge is 0.181 e. The molecule has 0 bridgehead atoms. The van der Waals surface area contributed by atoms with E-state index in [2.05, 4.69) is 34.1 Å². The molecule has 2 heterocycles. The first kappa shape index (κ1) is 38.6. The molecule has 8 rings (SSSR count). The zero-order chi connectivity index (χ0) is 40.6. The average molecular weight is 803 g/mol. The summed E-state index contributed by atoms with van der Waals surface area (Å²) >= 11 is 1.52. The van der Waals surface area contributed by atoms with E-state index in [-0.39, 0.29) is 0 Å². The fourth-order valence-corrected chi connectivity index (χ4v) is 7.56. The van der Waals surface area contributed by atoms with Crippen molar-refractivity contribution in [3.63, 3.8) is 0 Å². The summed E-state index contributed by atoms with van der Waals surface area (Å²) in [5.74, 6) is 4.53. The number of aliphatic imine (C=N–C) groups is 2. The molecule has 0 N–H and O–H groups in total. The predicted octanol–water partition coefficient (Wildman–Crippen LogP) is 12.0. The molecular weight excluding hydrogens is 761 g/mol. The SMILES string of the molecule is COc1ccc(N(c2ccc(/N=C/c3sc(/C=N/c4ccc(N(c5ccc(OC)cc5)c5ccc(OC)cc5)cc4)c4c3OCCO4)cc2)c2ccc(OC)cc2)cc1. The zero-order valence-electron chi connectivity index (χ0n) is 33.1. The van der Waals surface area contributed by atoms with Gasteiger partial charge in [-0.1, -0.05) is 0 Å². The number of nitrogens with zero attached hydrogens (tertiary/aromatic N) is 4. The Morgan fingerprint density at radius 1 is 0.407 bits per heavy atom. The van der Waals surface area contributed by atoms with E-state index >= 15 is 0 Å². The van der Waals surface area contributed by atoms with E-state index in [9.17, 15) is 0 Å². The van der Waals surface area contributed by atoms with Gasteiger partial charge < -0.3 is 38.2 Å². The van der Waals surface area contributed by atoms with E-state index in [1.165, 1.54) is 11.3 Å². The highest BCUT2D eigenvalue weighted by Crippen LogP contribution is 2.44. The van der Waals surface area contributed by atoms with Crippen LogP contribution in [0.2, 0.25) is 0 Å². The van der Waals surface area contributed by atoms with Gasteiger partial charge in [-0.25, -0.2) is 0 Å². The van der Waals surface area contributed by atoms with Gasteiger partial charge in [-0.15, -0.1) is 11.3 Å². The molecule has 0 saturated carbocycles. The maximum Gasteiger partial charge on any atom is 0.181 e. The summed E-state index contributed by atoms with van der Waals surface area (Å²) < 4.78 is 33.8. The first-order valence-electron chi connectivity index (χ1n) is 18.9. The number of methoxy groups -OCH3 is 4. The lowest BCUT2D eigenvalue weighted by Gasteiger charge is -2.25. The maximum atomic E-state index is 6.10. The van der Waals surface area contributed by atoms with Crippen molar-refractivity contribution in [3.05, 3.63) is 155 Å². The van der Waals surface area contributed by atoms with Gasteiger partial charge in [0.25, 0.3) is 0 Å². The minimum atomic E-state index is 0.461. The van der Waals surface area contributed by atoms with Gasteiger partial charge in [0.1, 0.15) is 36.2 Å². The molecule has 1 aromatic heterocycles. The van der Waals surface area contributed by atoms with Crippen LogP contribution >= 0.6 is 11.3 Å². The Morgan fingerprint density at radius 2 is 0.661 bits per heavy atom. The number of benzene rings is 6. The van der Waals surface area contributed by atoms with Crippen LogP contribution in [0.5, 0.6) is 34.5 Å². The van der Waals surface area contributed by atoms with Crippen LogP contribution in [0, 0.1) is 0 Å². The summed E-state index contributed by atoms with van der Waals surface area (Å²) in [5.41, 5.74) is 7.51. The predicted molar refractivity (Wildman–Crippen MR) is 238 cm³/mol. The van der Waals surface area contributed by atoms with E-state index in [0.717, 1.165) is 78.3 Å². The number of fused-ring (bicyclic) bond motifs is 1. The maximum absolute atomic E-state index is 6.10. The van der Waals surface area contributed by atoms with Gasteiger partial charge in [-0.3, -0.25) is 9.98 Å². The van der Waals surface area contributed by atoms with Gasteiger partial charge in [-0.2, -0.15) is 0 Å². The number of ether oxygens (including phenoxy) is 6. The molecule has 0 aliphatic carbocycles. The van der Waals surface area contributed by atoms with Gasteiger partial charge in [0.05, 0.1) is 49.6 Å². The summed E-state index contributed by atoms with van der Waals surface area (Å²) in [5, 5.41) is 0. The van der Waals surface area contributed by atoms with Crippen molar-refractivity contribution in [1.29, 1.82) is 0 Å². The monoisotopic (exact) mass is 802 g/mol. The number of rotatable bonds is 14. The van der Waals surface area contributed by atoms with Crippen molar-refractivity contribution in [3.8, 4) is 34.5 Å². The van der Waals surface area contributed by atoms with Crippen molar-refractivity contribution in [2.75, 3.05) is 51.5 Å². The second-order valence-corrected chi connectivity index (χ2v) is 14.3. The number of anilines is 6. The molecule has 296 valence electrons. The minimum absolute atomic E-state index is 0.461. The van der Waals surface area contributed by atoms with Crippen molar-refractivity contribution < 1.29 is 28.4 Å². The molecule has 1 aliphatic heterocycles. The Balaban J connectivity index is 1.02. The Morgan fingerprint density at radius 3 is 0.915 bits per heavy atom. The van der Waals surface area contributed by atoms with Gasteiger partial charge in [-0.05, 0) is 146 Å². The van der Waals surface area contributed by atoms with Crippen LogP contribution in [0.25, 0.3) is 0 Å². The van der Waals surface area contributed by atoms with Crippen molar-refractivity contribution >= 4 is 69.3 Å². The van der Waals surface area contributed by atoms with Gasteiger partial charge in [0.2, 0.25) is 0 Å². The lowest BCUT2D eigenvalue weighted by molar-refractivity contribution is 0.173. The Labute approximate surface area is 347 Å². The lowest BCUT2D eigenvalue weighted by Crippen LogP contribution is -2.15. The minimum Gasteiger partial charge on any atom is -0.497 e. The molecule has 0 radical (unpaired) electrons. The normalized spacial score (nSPS) is 12.1. The van der Waals surface area contributed by atoms with Gasteiger partial charge in [0, 0.05) is 46.6 Å². The van der Waals surface area contributed by atoms with Crippen molar-refractivity contribution in [1.82, 2.24) is 0 Å². The molecule has 0 spiro atoms. The van der Waals surface area contributed by atoms with E-state index in [0.29, 0.717) is 24.7 Å². The highest BCUT2D eigenvalue weighted by molar-refractivity contribution is 7.16. The Hall–Kier alpha value is -7.24. The van der Waals surface area contributed by atoms with E-state index in [1.807, 2.05) is 134 Å². The molecule has 10 nitrogen and oxygen atoms in total. The zero-order valence-corrected chi connectivity index (χ0v) is 33.9. The molecule has 11 heteroatoms. The van der Waals surface area contributed by atoms with Crippen LogP contribution in [0.4, 0.5) is 45.5 Å². The van der Waals surface area contributed by atoms with Crippen LogP contribution in [-0.4, -0.2) is 54.1 Å². The van der Waals surface area contributed by atoms with Gasteiger partial charge in [0.15, 0.2) is 11.5 Å². The number of hydrogen-bond acceptors (Lipinski definition) is 11. The average Bonchev–Trinajstić information content (AvgIpc) is 3.66. The molecule has 0 fully saturated rings. The van der Waals surface area contributed by atoms with Crippen LogP contribution < -0.4 is 38.2 Å². The van der Waals surface area contributed by atoms with Crippen molar-refractivity contribution in [2.45, 2.75) is 0 Å². The summed E-state index contributed by atoms with van der Waals surface area (Å²) in [6.07, 6.45) is 3.66. The van der Waals surface area contributed by atoms with Crippen LogP contribution in [-0.2, 0) is 0 Å². The third kappa shape index (κ3) is 8.70. The molecule has 59 heavy (non-hydrogen) atoms. The molecule has 0 saturated heterocycles. The second-order valence-electron chi connectivity index (χ2n) is 13.2. The fourth-order valence-electron chi connectivity index (χ4n) is 6.63. The molecule has 0 unspecified atom stereocenters. The molecule has 1 aliphatic rings. The summed E-state index contributed by atoms with van der Waals surface area (Å²) in [6.45, 7) is 0.922. The highest BCUT2D eigenvalue weighted by atomic mass is 32.1. The van der Waals surface area contributed by atoms with E-state index < -0.39 is 0 Å². The first-order chi connectivity index (χ1) is 29.0.